The smallest absolute Gasteiger partial charge is 0.0580 e. The van der Waals surface area contributed by atoms with Crippen LogP contribution in [-0.2, 0) is 4.74 Å². The predicted molar refractivity (Wildman–Crippen MR) is 43.0 cm³/mol. The first-order valence-corrected chi connectivity index (χ1v) is 4.13. The lowest BCUT2D eigenvalue weighted by molar-refractivity contribution is 0.0728. The van der Waals surface area contributed by atoms with E-state index in [1.807, 2.05) is 0 Å². The molecule has 0 aromatic heterocycles. The second-order valence-corrected chi connectivity index (χ2v) is 4.34. The van der Waals surface area contributed by atoms with Gasteiger partial charge in [0, 0.05) is 6.61 Å². The molecule has 0 radical (unpaired) electrons. The van der Waals surface area contributed by atoms with Crippen molar-refractivity contribution in [1.82, 2.24) is 0 Å². The van der Waals surface area contributed by atoms with E-state index in [4.69, 9.17) is 4.74 Å². The third kappa shape index (κ3) is 1.51. The van der Waals surface area contributed by atoms with Gasteiger partial charge in [0.05, 0.1) is 6.10 Å². The van der Waals surface area contributed by atoms with E-state index in [9.17, 15) is 0 Å². The van der Waals surface area contributed by atoms with Crippen LogP contribution in [-0.4, -0.2) is 12.7 Å². The Morgan fingerprint density at radius 3 is 2.10 bits per heavy atom. The van der Waals surface area contributed by atoms with Crippen LogP contribution in [0.15, 0.2) is 0 Å². The summed E-state index contributed by atoms with van der Waals surface area (Å²) in [5.41, 5.74) is 0.427. The fraction of sp³-hybridized carbons (Fsp3) is 1.00. The van der Waals surface area contributed by atoms with Gasteiger partial charge in [-0.1, -0.05) is 20.8 Å². The van der Waals surface area contributed by atoms with Gasteiger partial charge < -0.3 is 4.74 Å². The molecule has 0 aromatic rings. The van der Waals surface area contributed by atoms with Crippen molar-refractivity contribution in [3.63, 3.8) is 0 Å². The first-order chi connectivity index (χ1) is 4.52. The summed E-state index contributed by atoms with van der Waals surface area (Å²) in [6, 6.07) is 0. The summed E-state index contributed by atoms with van der Waals surface area (Å²) < 4.78 is 5.49. The molecule has 1 aliphatic rings. The zero-order chi connectivity index (χ0) is 7.78. The second kappa shape index (κ2) is 2.54. The quantitative estimate of drug-likeness (QED) is 0.505. The topological polar surface area (TPSA) is 9.23 Å². The summed E-state index contributed by atoms with van der Waals surface area (Å²) in [5.74, 6) is 0.757. The van der Waals surface area contributed by atoms with E-state index in [0.717, 1.165) is 12.5 Å². The monoisotopic (exact) mass is 142 g/mol. The minimum Gasteiger partial charge on any atom is -0.378 e. The fourth-order valence-electron chi connectivity index (χ4n) is 1.87. The van der Waals surface area contributed by atoms with Crippen LogP contribution in [0.25, 0.3) is 0 Å². The molecule has 1 heteroatoms. The summed E-state index contributed by atoms with van der Waals surface area (Å²) >= 11 is 0. The molecule has 0 bridgehead atoms. The van der Waals surface area contributed by atoms with Crippen molar-refractivity contribution in [2.75, 3.05) is 6.61 Å². The Hall–Kier alpha value is -0.0400. The second-order valence-electron chi connectivity index (χ2n) is 4.34. The molecule has 0 spiro atoms. The normalized spacial score (nSPS) is 34.8. The molecule has 1 nitrogen and oxygen atoms in total. The standard InChI is InChI=1S/C9H18O/c1-7-8(5-6-10-7)9(2,3)4/h7-8H,5-6H2,1-4H3/t7-,8-/m0/s1. The van der Waals surface area contributed by atoms with Crippen LogP contribution < -0.4 is 0 Å². The molecule has 0 unspecified atom stereocenters. The average Bonchev–Trinajstić information content (AvgIpc) is 2.11. The van der Waals surface area contributed by atoms with Gasteiger partial charge in [0.25, 0.3) is 0 Å². The van der Waals surface area contributed by atoms with Gasteiger partial charge in [-0.05, 0) is 24.7 Å². The summed E-state index contributed by atoms with van der Waals surface area (Å²) in [6.07, 6.45) is 1.71. The third-order valence-corrected chi connectivity index (χ3v) is 2.49. The number of hydrogen-bond acceptors (Lipinski definition) is 1. The van der Waals surface area contributed by atoms with Crippen molar-refractivity contribution in [3.05, 3.63) is 0 Å². The minimum absolute atomic E-state index is 0.427. The van der Waals surface area contributed by atoms with Crippen LogP contribution in [0.5, 0.6) is 0 Å². The summed E-state index contributed by atoms with van der Waals surface area (Å²) in [6.45, 7) is 10.0. The molecule has 1 fully saturated rings. The Morgan fingerprint density at radius 1 is 1.30 bits per heavy atom. The maximum atomic E-state index is 5.49. The Morgan fingerprint density at radius 2 is 1.90 bits per heavy atom. The van der Waals surface area contributed by atoms with Gasteiger partial charge in [0.15, 0.2) is 0 Å². The van der Waals surface area contributed by atoms with Crippen molar-refractivity contribution in [1.29, 1.82) is 0 Å². The van der Waals surface area contributed by atoms with Gasteiger partial charge >= 0.3 is 0 Å². The maximum Gasteiger partial charge on any atom is 0.0580 e. The molecular formula is C9H18O. The van der Waals surface area contributed by atoms with Gasteiger partial charge in [-0.25, -0.2) is 0 Å². The lowest BCUT2D eigenvalue weighted by Gasteiger charge is -2.28. The van der Waals surface area contributed by atoms with Crippen molar-refractivity contribution < 1.29 is 4.74 Å². The fourth-order valence-corrected chi connectivity index (χ4v) is 1.87. The van der Waals surface area contributed by atoms with E-state index in [-0.39, 0.29) is 0 Å². The van der Waals surface area contributed by atoms with Gasteiger partial charge in [0.2, 0.25) is 0 Å². The van der Waals surface area contributed by atoms with Gasteiger partial charge in [0.1, 0.15) is 0 Å². The molecular weight excluding hydrogens is 124 g/mol. The van der Waals surface area contributed by atoms with Crippen LogP contribution >= 0.6 is 0 Å². The van der Waals surface area contributed by atoms with E-state index in [1.54, 1.807) is 0 Å². The first kappa shape index (κ1) is 8.06. The SMILES string of the molecule is C[C@@H]1OCC[C@@H]1C(C)(C)C. The zero-order valence-electron chi connectivity index (χ0n) is 7.48. The van der Waals surface area contributed by atoms with E-state index < -0.39 is 0 Å². The summed E-state index contributed by atoms with van der Waals surface area (Å²) in [4.78, 5) is 0. The van der Waals surface area contributed by atoms with Crippen molar-refractivity contribution in [2.45, 2.75) is 40.2 Å². The van der Waals surface area contributed by atoms with Crippen molar-refractivity contribution in [3.8, 4) is 0 Å². The minimum atomic E-state index is 0.427. The van der Waals surface area contributed by atoms with Gasteiger partial charge in [-0.2, -0.15) is 0 Å². The molecule has 2 atom stereocenters. The van der Waals surface area contributed by atoms with E-state index in [0.29, 0.717) is 11.5 Å². The maximum absolute atomic E-state index is 5.49. The third-order valence-electron chi connectivity index (χ3n) is 2.49. The van der Waals surface area contributed by atoms with Gasteiger partial charge in [-0.3, -0.25) is 0 Å². The van der Waals surface area contributed by atoms with Gasteiger partial charge in [-0.15, -0.1) is 0 Å². The highest BCUT2D eigenvalue weighted by atomic mass is 16.5. The molecule has 0 aromatic carbocycles. The molecule has 10 heavy (non-hydrogen) atoms. The van der Waals surface area contributed by atoms with E-state index in [1.165, 1.54) is 6.42 Å². The van der Waals surface area contributed by atoms with Crippen LogP contribution in [0.2, 0.25) is 0 Å². The molecule has 0 N–H and O–H groups in total. The zero-order valence-corrected chi connectivity index (χ0v) is 7.48. The molecule has 60 valence electrons. The van der Waals surface area contributed by atoms with E-state index in [2.05, 4.69) is 27.7 Å². The van der Waals surface area contributed by atoms with Crippen LogP contribution in [0.1, 0.15) is 34.1 Å². The average molecular weight is 142 g/mol. The summed E-state index contributed by atoms with van der Waals surface area (Å²) in [7, 11) is 0. The van der Waals surface area contributed by atoms with E-state index >= 15 is 0 Å². The number of hydrogen-bond donors (Lipinski definition) is 0. The Balaban J connectivity index is 2.55. The molecule has 0 saturated carbocycles. The van der Waals surface area contributed by atoms with Crippen LogP contribution in [0.3, 0.4) is 0 Å². The lowest BCUT2D eigenvalue weighted by atomic mass is 9.77. The molecule has 0 amide bonds. The molecule has 1 heterocycles. The number of rotatable bonds is 0. The van der Waals surface area contributed by atoms with Crippen LogP contribution in [0, 0.1) is 11.3 Å². The summed E-state index contributed by atoms with van der Waals surface area (Å²) in [5, 5.41) is 0. The number of ether oxygens (including phenoxy) is 1. The Labute approximate surface area is 63.8 Å². The van der Waals surface area contributed by atoms with Crippen LogP contribution in [0.4, 0.5) is 0 Å². The van der Waals surface area contributed by atoms with Crippen molar-refractivity contribution >= 4 is 0 Å². The Bertz CT molecular complexity index is 112. The molecule has 1 saturated heterocycles. The Kier molecular flexibility index (Phi) is 2.04. The highest BCUT2D eigenvalue weighted by Gasteiger charge is 2.33. The first-order valence-electron chi connectivity index (χ1n) is 4.13. The lowest BCUT2D eigenvalue weighted by Crippen LogP contribution is -2.26. The highest BCUT2D eigenvalue weighted by molar-refractivity contribution is 4.82. The molecule has 1 rings (SSSR count). The molecule has 1 aliphatic heterocycles. The largest absolute Gasteiger partial charge is 0.378 e. The van der Waals surface area contributed by atoms with Crippen molar-refractivity contribution in [2.24, 2.45) is 11.3 Å². The highest BCUT2D eigenvalue weighted by Crippen LogP contribution is 2.36. The predicted octanol–water partition coefficient (Wildman–Crippen LogP) is 2.46. The molecule has 0 aliphatic carbocycles.